The second-order valence-electron chi connectivity index (χ2n) is 9.66. The summed E-state index contributed by atoms with van der Waals surface area (Å²) in [6.07, 6.45) is -2.07. The van der Waals surface area contributed by atoms with Gasteiger partial charge in [-0.1, -0.05) is 20.8 Å². The van der Waals surface area contributed by atoms with Gasteiger partial charge in [0.15, 0.2) is 6.04 Å². The summed E-state index contributed by atoms with van der Waals surface area (Å²) in [4.78, 5) is 15.0. The third-order valence-corrected chi connectivity index (χ3v) is 6.11. The van der Waals surface area contributed by atoms with E-state index in [0.29, 0.717) is 30.2 Å². The highest BCUT2D eigenvalue weighted by molar-refractivity contribution is 5.92. The first-order valence-corrected chi connectivity index (χ1v) is 10.7. The van der Waals surface area contributed by atoms with Crippen LogP contribution in [0, 0.1) is 0 Å². The number of halogens is 3. The van der Waals surface area contributed by atoms with Crippen molar-refractivity contribution in [2.45, 2.75) is 83.1 Å². The Morgan fingerprint density at radius 1 is 1.19 bits per heavy atom. The lowest BCUT2D eigenvalue weighted by molar-refractivity contribution is -0.173. The Morgan fingerprint density at radius 3 is 2.58 bits per heavy atom. The number of H-pyrrole nitrogens is 1. The van der Waals surface area contributed by atoms with Crippen LogP contribution >= 0.6 is 0 Å². The number of aromatic nitrogens is 4. The van der Waals surface area contributed by atoms with Crippen molar-refractivity contribution in [3.63, 3.8) is 0 Å². The van der Waals surface area contributed by atoms with E-state index in [1.807, 2.05) is 20.8 Å². The Labute approximate surface area is 179 Å². The third-order valence-electron chi connectivity index (χ3n) is 6.11. The van der Waals surface area contributed by atoms with Crippen molar-refractivity contribution in [1.82, 2.24) is 24.9 Å². The maximum atomic E-state index is 13.6. The Kier molecular flexibility index (Phi) is 5.29. The number of likely N-dealkylation sites (tertiary alicyclic amines) is 1. The summed E-state index contributed by atoms with van der Waals surface area (Å²) in [5, 5.41) is 14.6. The molecule has 2 aliphatic heterocycles. The summed E-state index contributed by atoms with van der Waals surface area (Å²) in [5.74, 6) is 0.125. The molecular weight excluding hydrogens is 409 g/mol. The molecule has 10 heteroatoms. The quantitative estimate of drug-likeness (QED) is 0.720. The van der Waals surface area contributed by atoms with Gasteiger partial charge in [-0.3, -0.25) is 9.89 Å². The van der Waals surface area contributed by atoms with Gasteiger partial charge >= 0.3 is 6.18 Å². The van der Waals surface area contributed by atoms with Gasteiger partial charge in [-0.25, -0.2) is 4.68 Å². The van der Waals surface area contributed by atoms with Gasteiger partial charge in [0.05, 0.1) is 11.7 Å². The molecule has 1 fully saturated rings. The largest absolute Gasteiger partial charge is 0.410 e. The minimum absolute atomic E-state index is 0.0756. The van der Waals surface area contributed by atoms with Crippen molar-refractivity contribution in [2.24, 2.45) is 0 Å². The van der Waals surface area contributed by atoms with E-state index in [9.17, 15) is 18.0 Å². The summed E-state index contributed by atoms with van der Waals surface area (Å²) < 4.78 is 41.9. The number of fused-ring (bicyclic) bond motifs is 1. The highest BCUT2D eigenvalue weighted by atomic mass is 19.4. The standard InChI is InChI=1S/C21H29F3N6O/c1-12-9-17(21(22,23)24)30-18(25-12)11-13(28-30)15-7-5-6-8-29(15)19(31)14-10-16(27-26-14)20(2,3)4/h10-12,15,17,25H,5-9H2,1-4H3,(H,26,27)/t12-,15-,17-/m1/s1. The molecular formula is C21H29F3N6O. The predicted molar refractivity (Wildman–Crippen MR) is 110 cm³/mol. The van der Waals surface area contributed by atoms with E-state index < -0.39 is 12.2 Å². The number of hydrogen-bond acceptors (Lipinski definition) is 4. The first-order chi connectivity index (χ1) is 14.4. The first kappa shape index (κ1) is 21.7. The van der Waals surface area contributed by atoms with Crippen molar-refractivity contribution >= 4 is 11.7 Å². The predicted octanol–water partition coefficient (Wildman–Crippen LogP) is 4.58. The number of hydrogen-bond donors (Lipinski definition) is 2. The van der Waals surface area contributed by atoms with Crippen molar-refractivity contribution in [2.75, 3.05) is 11.9 Å². The smallest absolute Gasteiger partial charge is 0.368 e. The molecule has 7 nitrogen and oxygen atoms in total. The van der Waals surface area contributed by atoms with Crippen LogP contribution in [0.3, 0.4) is 0 Å². The Bertz CT molecular complexity index is 957. The fourth-order valence-corrected chi connectivity index (χ4v) is 4.38. The van der Waals surface area contributed by atoms with Crippen LogP contribution in [0.5, 0.6) is 0 Å². The Morgan fingerprint density at radius 2 is 1.94 bits per heavy atom. The molecule has 2 aromatic heterocycles. The van der Waals surface area contributed by atoms with E-state index in [2.05, 4.69) is 20.6 Å². The molecule has 0 bridgehead atoms. The SMILES string of the molecule is C[C@@H]1C[C@H](C(F)(F)F)n2nc([C@H]3CCCCN3C(=O)c3cc(C(C)(C)C)[nH]n3)cc2N1. The molecule has 3 atom stereocenters. The highest BCUT2D eigenvalue weighted by Gasteiger charge is 2.46. The summed E-state index contributed by atoms with van der Waals surface area (Å²) in [6.45, 7) is 8.34. The second kappa shape index (κ2) is 7.56. The average molecular weight is 438 g/mol. The van der Waals surface area contributed by atoms with Crippen molar-refractivity contribution in [3.05, 3.63) is 29.2 Å². The molecule has 170 valence electrons. The molecule has 0 aliphatic carbocycles. The van der Waals surface area contributed by atoms with Gasteiger partial charge in [0.1, 0.15) is 11.5 Å². The first-order valence-electron chi connectivity index (χ1n) is 10.7. The van der Waals surface area contributed by atoms with Crippen molar-refractivity contribution in [1.29, 1.82) is 0 Å². The molecule has 0 saturated carbocycles. The summed E-state index contributed by atoms with van der Waals surface area (Å²) in [7, 11) is 0. The molecule has 0 spiro atoms. The monoisotopic (exact) mass is 438 g/mol. The number of carbonyl (C=O) groups is 1. The van der Waals surface area contributed by atoms with Crippen molar-refractivity contribution < 1.29 is 18.0 Å². The van der Waals surface area contributed by atoms with Crippen LogP contribution in [0.4, 0.5) is 19.0 Å². The molecule has 2 aliphatic rings. The fourth-order valence-electron chi connectivity index (χ4n) is 4.38. The van der Waals surface area contributed by atoms with E-state index in [1.54, 1.807) is 24.0 Å². The van der Waals surface area contributed by atoms with Crippen LogP contribution in [0.15, 0.2) is 12.1 Å². The molecule has 0 radical (unpaired) electrons. The third kappa shape index (κ3) is 4.16. The number of amides is 1. The zero-order chi connectivity index (χ0) is 22.6. The summed E-state index contributed by atoms with van der Waals surface area (Å²) in [6, 6.07) is 1.07. The lowest BCUT2D eigenvalue weighted by atomic mass is 9.92. The number of carbonyl (C=O) groups excluding carboxylic acids is 1. The summed E-state index contributed by atoms with van der Waals surface area (Å²) >= 11 is 0. The van der Waals surface area contributed by atoms with Gasteiger partial charge in [0.2, 0.25) is 0 Å². The molecule has 1 saturated heterocycles. The number of alkyl halides is 3. The zero-order valence-corrected chi connectivity index (χ0v) is 18.3. The van der Waals surface area contributed by atoms with E-state index in [4.69, 9.17) is 0 Å². The maximum Gasteiger partial charge on any atom is 0.410 e. The van der Waals surface area contributed by atoms with Crippen LogP contribution in [0.2, 0.25) is 0 Å². The maximum absolute atomic E-state index is 13.6. The Balaban J connectivity index is 1.64. The normalized spacial score (nSPS) is 24.6. The number of aromatic amines is 1. The number of piperidine rings is 1. The molecule has 2 N–H and O–H groups in total. The van der Waals surface area contributed by atoms with Gasteiger partial charge in [0.25, 0.3) is 5.91 Å². The molecule has 0 aromatic carbocycles. The molecule has 4 heterocycles. The summed E-state index contributed by atoms with van der Waals surface area (Å²) in [5.41, 5.74) is 1.49. The molecule has 31 heavy (non-hydrogen) atoms. The van der Waals surface area contributed by atoms with Crippen LogP contribution in [0.25, 0.3) is 0 Å². The highest BCUT2D eigenvalue weighted by Crippen LogP contribution is 2.41. The Hall–Kier alpha value is -2.52. The second-order valence-corrected chi connectivity index (χ2v) is 9.66. The van der Waals surface area contributed by atoms with Crippen LogP contribution < -0.4 is 5.32 Å². The van der Waals surface area contributed by atoms with E-state index in [0.717, 1.165) is 23.2 Å². The van der Waals surface area contributed by atoms with E-state index >= 15 is 0 Å². The molecule has 0 unspecified atom stereocenters. The van der Waals surface area contributed by atoms with Gasteiger partial charge in [0, 0.05) is 29.8 Å². The topological polar surface area (TPSA) is 78.8 Å². The van der Waals surface area contributed by atoms with Crippen molar-refractivity contribution in [3.8, 4) is 0 Å². The lowest BCUT2D eigenvalue weighted by Crippen LogP contribution is -2.39. The van der Waals surface area contributed by atoms with Gasteiger partial charge in [-0.05, 0) is 38.7 Å². The zero-order valence-electron chi connectivity index (χ0n) is 18.3. The molecule has 4 rings (SSSR count). The number of nitrogens with one attached hydrogen (secondary N) is 2. The van der Waals surface area contributed by atoms with E-state index in [-0.39, 0.29) is 29.8 Å². The molecule has 1 amide bonds. The molecule has 2 aromatic rings. The average Bonchev–Trinajstić information content (AvgIpc) is 3.33. The van der Waals surface area contributed by atoms with Crippen LogP contribution in [0.1, 0.15) is 87.3 Å². The van der Waals surface area contributed by atoms with Gasteiger partial charge in [-0.2, -0.15) is 23.4 Å². The minimum Gasteiger partial charge on any atom is -0.368 e. The van der Waals surface area contributed by atoms with Crippen LogP contribution in [-0.4, -0.2) is 49.5 Å². The van der Waals surface area contributed by atoms with Gasteiger partial charge in [-0.15, -0.1) is 0 Å². The fraction of sp³-hybridized carbons (Fsp3) is 0.667. The lowest BCUT2D eigenvalue weighted by Gasteiger charge is -2.34. The number of anilines is 1. The number of rotatable bonds is 2. The minimum atomic E-state index is -4.38. The van der Waals surface area contributed by atoms with Gasteiger partial charge < -0.3 is 10.2 Å². The van der Waals surface area contributed by atoms with Crippen LogP contribution in [-0.2, 0) is 5.41 Å². The van der Waals surface area contributed by atoms with E-state index in [1.165, 1.54) is 0 Å². The number of nitrogens with zero attached hydrogens (tertiary/aromatic N) is 4.